The van der Waals surface area contributed by atoms with Crippen LogP contribution in [0, 0.1) is 10.1 Å². The van der Waals surface area contributed by atoms with Crippen molar-refractivity contribution in [3.63, 3.8) is 0 Å². The molecule has 1 aliphatic rings. The van der Waals surface area contributed by atoms with Gasteiger partial charge in [0.1, 0.15) is 5.02 Å². The number of rotatable bonds is 2. The average Bonchev–Trinajstić information content (AvgIpc) is 2.37. The number of carbonyl (C=O) groups excluding carboxylic acids is 1. The van der Waals surface area contributed by atoms with Gasteiger partial charge in [-0.1, -0.05) is 23.3 Å². The molecule has 0 aliphatic carbocycles. The minimum absolute atomic E-state index is 0.0138. The Morgan fingerprint density at radius 3 is 2.79 bits per heavy atom. The molecular weight excluding hydrogens is 268 g/mol. The molecule has 5 nitrogen and oxygen atoms in total. The van der Waals surface area contributed by atoms with Crippen LogP contribution >= 0.6 is 11.6 Å². The zero-order valence-corrected chi connectivity index (χ0v) is 11.2. The number of carbonyl (C=O) groups is 1. The van der Waals surface area contributed by atoms with Crippen molar-refractivity contribution in [3.05, 3.63) is 50.5 Å². The number of nitro benzene ring substituents is 1. The Hall–Kier alpha value is -1.88. The minimum atomic E-state index is -0.565. The minimum Gasteiger partial charge on any atom is -0.334 e. The van der Waals surface area contributed by atoms with Crippen LogP contribution in [0.25, 0.3) is 0 Å². The van der Waals surface area contributed by atoms with E-state index in [4.69, 9.17) is 11.6 Å². The summed E-state index contributed by atoms with van der Waals surface area (Å²) in [6, 6.07) is 4.07. The van der Waals surface area contributed by atoms with Gasteiger partial charge >= 0.3 is 0 Å². The first kappa shape index (κ1) is 13.5. The molecule has 0 saturated heterocycles. The summed E-state index contributed by atoms with van der Waals surface area (Å²) in [4.78, 5) is 24.1. The predicted molar refractivity (Wildman–Crippen MR) is 72.4 cm³/mol. The molecule has 0 fully saturated rings. The zero-order valence-electron chi connectivity index (χ0n) is 10.4. The maximum Gasteiger partial charge on any atom is 0.287 e. The number of nitro groups is 1. The van der Waals surface area contributed by atoms with E-state index in [1.54, 1.807) is 4.90 Å². The van der Waals surface area contributed by atoms with Crippen LogP contribution < -0.4 is 0 Å². The molecule has 1 amide bonds. The second-order valence-electron chi connectivity index (χ2n) is 4.49. The lowest BCUT2D eigenvalue weighted by atomic mass is 10.1. The summed E-state index contributed by atoms with van der Waals surface area (Å²) in [6.45, 7) is 3.22. The van der Waals surface area contributed by atoms with E-state index >= 15 is 0 Å². The fourth-order valence-electron chi connectivity index (χ4n) is 2.06. The molecule has 6 heteroatoms. The Kier molecular flexibility index (Phi) is 3.85. The van der Waals surface area contributed by atoms with E-state index in [2.05, 4.69) is 6.08 Å². The first-order valence-electron chi connectivity index (χ1n) is 5.88. The van der Waals surface area contributed by atoms with Crippen LogP contribution in [0.5, 0.6) is 0 Å². The summed E-state index contributed by atoms with van der Waals surface area (Å²) >= 11 is 5.81. The molecule has 0 saturated carbocycles. The summed E-state index contributed by atoms with van der Waals surface area (Å²) in [5, 5.41) is 10.7. The summed E-state index contributed by atoms with van der Waals surface area (Å²) in [5.41, 5.74) is 1.34. The Morgan fingerprint density at radius 1 is 1.47 bits per heavy atom. The molecule has 0 aromatic heterocycles. The van der Waals surface area contributed by atoms with E-state index in [0.29, 0.717) is 18.7 Å². The highest BCUT2D eigenvalue weighted by Gasteiger charge is 2.20. The van der Waals surface area contributed by atoms with E-state index < -0.39 is 4.92 Å². The van der Waals surface area contributed by atoms with E-state index in [9.17, 15) is 14.9 Å². The van der Waals surface area contributed by atoms with E-state index in [1.165, 1.54) is 18.2 Å². The summed E-state index contributed by atoms with van der Waals surface area (Å²) in [6.07, 6.45) is 2.94. The second-order valence-corrected chi connectivity index (χ2v) is 4.90. The SMILES string of the molecule is CC1=CCCN(C(=O)c2ccc([N+](=O)[O-])c(Cl)c2)C1. The Morgan fingerprint density at radius 2 is 2.21 bits per heavy atom. The van der Waals surface area contributed by atoms with Crippen molar-refractivity contribution >= 4 is 23.2 Å². The topological polar surface area (TPSA) is 63.5 Å². The third kappa shape index (κ3) is 2.93. The normalized spacial score (nSPS) is 15.1. The number of halogens is 1. The largest absolute Gasteiger partial charge is 0.334 e. The fourth-order valence-corrected chi connectivity index (χ4v) is 2.30. The average molecular weight is 281 g/mol. The highest BCUT2D eigenvalue weighted by atomic mass is 35.5. The lowest BCUT2D eigenvalue weighted by Crippen LogP contribution is -2.35. The molecule has 0 spiro atoms. The maximum absolute atomic E-state index is 12.2. The van der Waals surface area contributed by atoms with Gasteiger partial charge in [0.05, 0.1) is 4.92 Å². The van der Waals surface area contributed by atoms with Crippen LogP contribution in [-0.2, 0) is 0 Å². The molecule has 1 heterocycles. The van der Waals surface area contributed by atoms with Gasteiger partial charge in [-0.3, -0.25) is 14.9 Å². The quantitative estimate of drug-likeness (QED) is 0.475. The standard InChI is InChI=1S/C13H13ClN2O3/c1-9-3-2-6-15(8-9)13(17)10-4-5-12(16(18)19)11(14)7-10/h3-5,7H,2,6,8H2,1H3. The lowest BCUT2D eigenvalue weighted by Gasteiger charge is -2.26. The molecule has 0 atom stereocenters. The van der Waals surface area contributed by atoms with Gasteiger partial charge < -0.3 is 4.90 Å². The van der Waals surface area contributed by atoms with Crippen molar-refractivity contribution in [1.82, 2.24) is 4.90 Å². The Labute approximate surface area is 115 Å². The van der Waals surface area contributed by atoms with Gasteiger partial charge in [0, 0.05) is 24.7 Å². The van der Waals surface area contributed by atoms with Crippen LogP contribution in [0.1, 0.15) is 23.7 Å². The van der Waals surface area contributed by atoms with Crippen molar-refractivity contribution in [2.45, 2.75) is 13.3 Å². The van der Waals surface area contributed by atoms with E-state index in [0.717, 1.165) is 12.0 Å². The highest BCUT2D eigenvalue weighted by Crippen LogP contribution is 2.26. The van der Waals surface area contributed by atoms with Crippen molar-refractivity contribution in [2.75, 3.05) is 13.1 Å². The number of nitrogens with zero attached hydrogens (tertiary/aromatic N) is 2. The molecule has 1 aromatic carbocycles. The monoisotopic (exact) mass is 280 g/mol. The molecule has 0 unspecified atom stereocenters. The zero-order chi connectivity index (χ0) is 14.0. The van der Waals surface area contributed by atoms with Gasteiger partial charge in [-0.15, -0.1) is 0 Å². The summed E-state index contributed by atoms with van der Waals surface area (Å²) in [5.74, 6) is -0.149. The first-order valence-corrected chi connectivity index (χ1v) is 6.25. The van der Waals surface area contributed by atoms with Gasteiger partial charge in [-0.25, -0.2) is 0 Å². The summed E-state index contributed by atoms with van der Waals surface area (Å²) < 4.78 is 0. The van der Waals surface area contributed by atoms with Crippen molar-refractivity contribution < 1.29 is 9.72 Å². The fraction of sp³-hybridized carbons (Fsp3) is 0.308. The molecule has 100 valence electrons. The number of benzene rings is 1. The van der Waals surface area contributed by atoms with Gasteiger partial charge in [0.2, 0.25) is 0 Å². The first-order chi connectivity index (χ1) is 8.99. The number of amides is 1. The predicted octanol–water partition coefficient (Wildman–Crippen LogP) is 3.04. The van der Waals surface area contributed by atoms with E-state index in [-0.39, 0.29) is 16.6 Å². The van der Waals surface area contributed by atoms with Gasteiger partial charge in [0.15, 0.2) is 0 Å². The van der Waals surface area contributed by atoms with Crippen LogP contribution in [0.2, 0.25) is 5.02 Å². The van der Waals surface area contributed by atoms with Crippen molar-refractivity contribution in [2.24, 2.45) is 0 Å². The third-order valence-electron chi connectivity index (χ3n) is 3.01. The van der Waals surface area contributed by atoms with Gasteiger partial charge in [-0.05, 0) is 25.5 Å². The van der Waals surface area contributed by atoms with Crippen LogP contribution in [0.15, 0.2) is 29.8 Å². The third-order valence-corrected chi connectivity index (χ3v) is 3.31. The summed E-state index contributed by atoms with van der Waals surface area (Å²) in [7, 11) is 0. The lowest BCUT2D eigenvalue weighted by molar-refractivity contribution is -0.384. The maximum atomic E-state index is 12.2. The number of hydrogen-bond acceptors (Lipinski definition) is 3. The smallest absolute Gasteiger partial charge is 0.287 e. The molecule has 0 radical (unpaired) electrons. The van der Waals surface area contributed by atoms with E-state index in [1.807, 2.05) is 6.92 Å². The van der Waals surface area contributed by atoms with Crippen LogP contribution in [0.3, 0.4) is 0 Å². The van der Waals surface area contributed by atoms with Gasteiger partial charge in [-0.2, -0.15) is 0 Å². The molecule has 0 bridgehead atoms. The molecule has 1 aromatic rings. The van der Waals surface area contributed by atoms with Crippen LogP contribution in [0.4, 0.5) is 5.69 Å². The van der Waals surface area contributed by atoms with Crippen molar-refractivity contribution in [1.29, 1.82) is 0 Å². The number of hydrogen-bond donors (Lipinski definition) is 0. The van der Waals surface area contributed by atoms with Crippen molar-refractivity contribution in [3.8, 4) is 0 Å². The second kappa shape index (κ2) is 5.40. The Bertz CT molecular complexity index is 569. The van der Waals surface area contributed by atoms with Gasteiger partial charge in [0.25, 0.3) is 11.6 Å². The van der Waals surface area contributed by atoms with Crippen LogP contribution in [-0.4, -0.2) is 28.8 Å². The Balaban J connectivity index is 2.23. The molecular formula is C13H13ClN2O3. The molecule has 2 rings (SSSR count). The molecule has 1 aliphatic heterocycles. The molecule has 19 heavy (non-hydrogen) atoms. The molecule has 0 N–H and O–H groups in total. The highest BCUT2D eigenvalue weighted by molar-refractivity contribution is 6.33.